The molecule has 0 fully saturated rings. The Bertz CT molecular complexity index is 218. The summed E-state index contributed by atoms with van der Waals surface area (Å²) < 4.78 is 0. The lowest BCUT2D eigenvalue weighted by Crippen LogP contribution is -2.30. The van der Waals surface area contributed by atoms with E-state index in [1.54, 1.807) is 0 Å². The van der Waals surface area contributed by atoms with Gasteiger partial charge in [-0.1, -0.05) is 85.5 Å². The predicted octanol–water partition coefficient (Wildman–Crippen LogP) is 6.02. The third-order valence-corrected chi connectivity index (χ3v) is 5.69. The Labute approximate surface area is 147 Å². The van der Waals surface area contributed by atoms with E-state index in [-0.39, 0.29) is 0 Å². The molecule has 0 aliphatic rings. The van der Waals surface area contributed by atoms with E-state index in [1.165, 1.54) is 83.5 Å². The summed E-state index contributed by atoms with van der Waals surface area (Å²) in [5.41, 5.74) is 12.8. The third kappa shape index (κ3) is 11.2. The second-order valence-corrected chi connectivity index (χ2v) is 7.59. The van der Waals surface area contributed by atoms with Gasteiger partial charge in [0, 0.05) is 12.1 Å². The number of hydrogen-bond acceptors (Lipinski definition) is 2. The maximum Gasteiger partial charge on any atom is 0.00670 e. The minimum absolute atomic E-state index is 0.410. The highest BCUT2D eigenvalue weighted by atomic mass is 14.7. The molecular formula is C21H46N2. The molecule has 0 aromatic heterocycles. The van der Waals surface area contributed by atoms with E-state index in [0.717, 1.165) is 11.8 Å². The van der Waals surface area contributed by atoms with Crippen molar-refractivity contribution in [2.24, 2.45) is 23.3 Å². The normalized spacial score (nSPS) is 17.0. The van der Waals surface area contributed by atoms with Crippen molar-refractivity contribution < 1.29 is 0 Å². The Morgan fingerprint density at radius 3 is 1.22 bits per heavy atom. The summed E-state index contributed by atoms with van der Waals surface area (Å²) in [4.78, 5) is 0. The van der Waals surface area contributed by atoms with Gasteiger partial charge in [-0.3, -0.25) is 0 Å². The first-order chi connectivity index (χ1) is 11.1. The van der Waals surface area contributed by atoms with E-state index in [2.05, 4.69) is 27.7 Å². The average Bonchev–Trinajstić information content (AvgIpc) is 2.55. The monoisotopic (exact) mass is 326 g/mol. The first-order valence-corrected chi connectivity index (χ1v) is 10.6. The van der Waals surface area contributed by atoms with Gasteiger partial charge in [0.2, 0.25) is 0 Å². The van der Waals surface area contributed by atoms with Gasteiger partial charge in [-0.25, -0.2) is 0 Å². The van der Waals surface area contributed by atoms with Crippen molar-refractivity contribution in [3.8, 4) is 0 Å². The Morgan fingerprint density at radius 1 is 0.522 bits per heavy atom. The van der Waals surface area contributed by atoms with Crippen molar-refractivity contribution in [1.29, 1.82) is 0 Å². The number of rotatable bonds is 16. The lowest BCUT2D eigenvalue weighted by Gasteiger charge is -2.24. The molecule has 140 valence electrons. The third-order valence-electron chi connectivity index (χ3n) is 5.69. The van der Waals surface area contributed by atoms with E-state index >= 15 is 0 Å². The molecular weight excluding hydrogens is 280 g/mol. The summed E-state index contributed by atoms with van der Waals surface area (Å²) in [5.74, 6) is 1.46. The van der Waals surface area contributed by atoms with Gasteiger partial charge in [-0.2, -0.15) is 0 Å². The second kappa shape index (κ2) is 15.4. The quantitative estimate of drug-likeness (QED) is 0.340. The van der Waals surface area contributed by atoms with Crippen molar-refractivity contribution in [2.75, 3.05) is 0 Å². The van der Waals surface area contributed by atoms with E-state index in [9.17, 15) is 0 Å². The molecule has 2 heteroatoms. The van der Waals surface area contributed by atoms with Gasteiger partial charge in [0.25, 0.3) is 0 Å². The van der Waals surface area contributed by atoms with Gasteiger partial charge in [-0.15, -0.1) is 0 Å². The van der Waals surface area contributed by atoms with Crippen LogP contribution < -0.4 is 11.5 Å². The molecule has 2 nitrogen and oxygen atoms in total. The predicted molar refractivity (Wildman–Crippen MR) is 106 cm³/mol. The van der Waals surface area contributed by atoms with Crippen LogP contribution in [0.4, 0.5) is 0 Å². The van der Waals surface area contributed by atoms with Crippen molar-refractivity contribution in [2.45, 2.75) is 123 Å². The summed E-state index contributed by atoms with van der Waals surface area (Å²) in [6, 6.07) is 0.821. The van der Waals surface area contributed by atoms with Crippen LogP contribution in [0.2, 0.25) is 0 Å². The molecule has 0 rings (SSSR count). The molecule has 0 spiro atoms. The smallest absolute Gasteiger partial charge is 0.00670 e. The molecule has 0 aliphatic carbocycles. The van der Waals surface area contributed by atoms with Crippen LogP contribution >= 0.6 is 0 Å². The largest absolute Gasteiger partial charge is 0.327 e. The molecule has 23 heavy (non-hydrogen) atoms. The van der Waals surface area contributed by atoms with Crippen LogP contribution in [0.15, 0.2) is 0 Å². The molecule has 0 saturated carbocycles. The first-order valence-electron chi connectivity index (χ1n) is 10.6. The Balaban J connectivity index is 3.81. The fraction of sp³-hybridized carbons (Fsp3) is 1.00. The van der Waals surface area contributed by atoms with Gasteiger partial charge in [-0.05, 0) is 37.5 Å². The molecule has 4 atom stereocenters. The fourth-order valence-electron chi connectivity index (χ4n) is 3.78. The van der Waals surface area contributed by atoms with Crippen molar-refractivity contribution in [1.82, 2.24) is 0 Å². The zero-order chi connectivity index (χ0) is 17.5. The van der Waals surface area contributed by atoms with Crippen molar-refractivity contribution in [3.05, 3.63) is 0 Å². The lowest BCUT2D eigenvalue weighted by atomic mass is 9.87. The lowest BCUT2D eigenvalue weighted by molar-refractivity contribution is 0.333. The van der Waals surface area contributed by atoms with E-state index in [4.69, 9.17) is 11.5 Å². The van der Waals surface area contributed by atoms with Gasteiger partial charge >= 0.3 is 0 Å². The van der Waals surface area contributed by atoms with Crippen molar-refractivity contribution in [3.63, 3.8) is 0 Å². The standard InChI is InChI=1S/C21H46N2/c1-5-9-14-18(7-3)20(22)16-12-11-13-17-21(23)19(8-4)15-10-6-2/h18-21H,5-17,22-23H2,1-4H3. The summed E-state index contributed by atoms with van der Waals surface area (Å²) >= 11 is 0. The zero-order valence-electron chi connectivity index (χ0n) is 16.7. The maximum atomic E-state index is 6.41. The Kier molecular flexibility index (Phi) is 15.4. The summed E-state index contributed by atoms with van der Waals surface area (Å²) in [7, 11) is 0. The number of hydrogen-bond donors (Lipinski definition) is 2. The minimum atomic E-state index is 0.410. The van der Waals surface area contributed by atoms with Gasteiger partial charge < -0.3 is 11.5 Å². The van der Waals surface area contributed by atoms with Crippen molar-refractivity contribution >= 4 is 0 Å². The van der Waals surface area contributed by atoms with Crippen LogP contribution in [-0.4, -0.2) is 12.1 Å². The molecule has 0 radical (unpaired) electrons. The van der Waals surface area contributed by atoms with Crippen LogP contribution in [0.25, 0.3) is 0 Å². The zero-order valence-corrected chi connectivity index (χ0v) is 16.7. The molecule has 4 N–H and O–H groups in total. The minimum Gasteiger partial charge on any atom is -0.327 e. The maximum absolute atomic E-state index is 6.41. The van der Waals surface area contributed by atoms with Crippen LogP contribution in [-0.2, 0) is 0 Å². The molecule has 0 heterocycles. The van der Waals surface area contributed by atoms with Gasteiger partial charge in [0.1, 0.15) is 0 Å². The van der Waals surface area contributed by atoms with Gasteiger partial charge in [0.05, 0.1) is 0 Å². The highest BCUT2D eigenvalue weighted by molar-refractivity contribution is 4.74. The molecule has 4 unspecified atom stereocenters. The molecule has 0 saturated heterocycles. The van der Waals surface area contributed by atoms with E-state index < -0.39 is 0 Å². The SMILES string of the molecule is CCCCC(CC)C(N)CCCCCC(N)C(CC)CCCC. The van der Waals surface area contributed by atoms with E-state index in [1.807, 2.05) is 0 Å². The molecule has 0 aliphatic heterocycles. The van der Waals surface area contributed by atoms with Crippen LogP contribution in [0.1, 0.15) is 111 Å². The fourth-order valence-corrected chi connectivity index (χ4v) is 3.78. The highest BCUT2D eigenvalue weighted by Crippen LogP contribution is 2.22. The average molecular weight is 327 g/mol. The molecule has 0 bridgehead atoms. The van der Waals surface area contributed by atoms with Gasteiger partial charge in [0.15, 0.2) is 0 Å². The number of nitrogens with two attached hydrogens (primary N) is 2. The first kappa shape index (κ1) is 22.9. The Hall–Kier alpha value is -0.0800. The van der Waals surface area contributed by atoms with Crippen LogP contribution in [0.5, 0.6) is 0 Å². The Morgan fingerprint density at radius 2 is 0.913 bits per heavy atom. The molecule has 0 amide bonds. The summed E-state index contributed by atoms with van der Waals surface area (Å²) in [5, 5.41) is 0. The summed E-state index contributed by atoms with van der Waals surface area (Å²) in [6.45, 7) is 9.12. The highest BCUT2D eigenvalue weighted by Gasteiger charge is 2.16. The second-order valence-electron chi connectivity index (χ2n) is 7.59. The number of unbranched alkanes of at least 4 members (excludes halogenated alkanes) is 4. The van der Waals surface area contributed by atoms with E-state index in [0.29, 0.717) is 12.1 Å². The summed E-state index contributed by atoms with van der Waals surface area (Å²) in [6.07, 6.45) is 16.6. The molecule has 0 aromatic carbocycles. The van der Waals surface area contributed by atoms with Crippen LogP contribution in [0.3, 0.4) is 0 Å². The molecule has 0 aromatic rings. The van der Waals surface area contributed by atoms with Crippen LogP contribution in [0, 0.1) is 11.8 Å². The topological polar surface area (TPSA) is 52.0 Å².